The molecule has 1 saturated carbocycles. The van der Waals surface area contributed by atoms with Crippen LogP contribution < -0.4 is 10.1 Å². The third-order valence-electron chi connectivity index (χ3n) is 4.28. The zero-order valence-electron chi connectivity index (χ0n) is 15.3. The molecular formula is C19H18F2N4O3S. The highest BCUT2D eigenvalue weighted by Crippen LogP contribution is 2.40. The van der Waals surface area contributed by atoms with Gasteiger partial charge in [-0.05, 0) is 49.2 Å². The van der Waals surface area contributed by atoms with Crippen LogP contribution in [0.3, 0.4) is 0 Å². The summed E-state index contributed by atoms with van der Waals surface area (Å²) in [5.41, 5.74) is 0.493. The number of amides is 1. The van der Waals surface area contributed by atoms with Crippen LogP contribution >= 0.6 is 11.8 Å². The smallest absolute Gasteiger partial charge is 0.387 e. The van der Waals surface area contributed by atoms with Gasteiger partial charge < -0.3 is 14.5 Å². The molecule has 0 aliphatic heterocycles. The number of rotatable bonds is 9. The summed E-state index contributed by atoms with van der Waals surface area (Å²) in [7, 11) is 0. The van der Waals surface area contributed by atoms with Gasteiger partial charge in [-0.25, -0.2) is 0 Å². The minimum absolute atomic E-state index is 0.0333. The molecule has 1 aromatic carbocycles. The van der Waals surface area contributed by atoms with E-state index in [1.807, 2.05) is 16.7 Å². The van der Waals surface area contributed by atoms with Crippen LogP contribution in [0.15, 0.2) is 52.2 Å². The molecule has 0 atom stereocenters. The van der Waals surface area contributed by atoms with E-state index in [0.29, 0.717) is 23.3 Å². The molecule has 152 valence electrons. The number of aromatic nitrogens is 3. The van der Waals surface area contributed by atoms with Gasteiger partial charge in [0.1, 0.15) is 17.3 Å². The van der Waals surface area contributed by atoms with Gasteiger partial charge in [-0.3, -0.25) is 9.36 Å². The van der Waals surface area contributed by atoms with E-state index >= 15 is 0 Å². The van der Waals surface area contributed by atoms with Crippen LogP contribution in [0.1, 0.15) is 30.3 Å². The summed E-state index contributed by atoms with van der Waals surface area (Å²) in [6, 6.07) is 9.47. The molecule has 0 saturated heterocycles. The lowest BCUT2D eigenvalue weighted by atomic mass is 10.3. The number of hydrogen-bond donors (Lipinski definition) is 1. The van der Waals surface area contributed by atoms with E-state index in [-0.39, 0.29) is 17.4 Å². The highest BCUT2D eigenvalue weighted by Gasteiger charge is 2.30. The predicted molar refractivity (Wildman–Crippen MR) is 102 cm³/mol. The van der Waals surface area contributed by atoms with Gasteiger partial charge in [0.15, 0.2) is 5.16 Å². The van der Waals surface area contributed by atoms with Crippen molar-refractivity contribution < 1.29 is 22.7 Å². The molecule has 2 aromatic heterocycles. The lowest BCUT2D eigenvalue weighted by Crippen LogP contribution is -2.15. The lowest BCUT2D eigenvalue weighted by molar-refractivity contribution is -0.113. The van der Waals surface area contributed by atoms with E-state index < -0.39 is 6.61 Å². The topological polar surface area (TPSA) is 82.2 Å². The van der Waals surface area contributed by atoms with Crippen molar-refractivity contribution in [1.82, 2.24) is 14.8 Å². The molecule has 0 spiro atoms. The van der Waals surface area contributed by atoms with Gasteiger partial charge in [0, 0.05) is 11.6 Å². The number of benzene rings is 1. The molecule has 7 nitrogen and oxygen atoms in total. The molecule has 1 amide bonds. The van der Waals surface area contributed by atoms with Gasteiger partial charge in [-0.15, -0.1) is 10.2 Å². The van der Waals surface area contributed by atoms with E-state index in [1.165, 1.54) is 36.0 Å². The number of carbonyl (C=O) groups is 1. The van der Waals surface area contributed by atoms with E-state index in [2.05, 4.69) is 20.3 Å². The number of alkyl halides is 2. The molecule has 1 aliphatic rings. The number of hydrogen-bond acceptors (Lipinski definition) is 6. The first-order valence-electron chi connectivity index (χ1n) is 9.01. The van der Waals surface area contributed by atoms with Crippen LogP contribution in [0.25, 0.3) is 0 Å². The summed E-state index contributed by atoms with van der Waals surface area (Å²) in [4.78, 5) is 12.3. The van der Waals surface area contributed by atoms with E-state index in [4.69, 9.17) is 4.42 Å². The van der Waals surface area contributed by atoms with Gasteiger partial charge >= 0.3 is 6.61 Å². The normalized spacial score (nSPS) is 13.6. The van der Waals surface area contributed by atoms with E-state index in [9.17, 15) is 13.6 Å². The molecule has 2 heterocycles. The summed E-state index contributed by atoms with van der Waals surface area (Å²) in [5.74, 6) is 2.05. The molecule has 4 rings (SSSR count). The van der Waals surface area contributed by atoms with Gasteiger partial charge in [0.25, 0.3) is 0 Å². The van der Waals surface area contributed by atoms with Crippen molar-refractivity contribution in [3.05, 3.63) is 54.2 Å². The van der Waals surface area contributed by atoms with Crippen molar-refractivity contribution in [3.63, 3.8) is 0 Å². The van der Waals surface area contributed by atoms with Crippen LogP contribution in [-0.2, 0) is 11.3 Å². The summed E-state index contributed by atoms with van der Waals surface area (Å²) >= 11 is 1.29. The Morgan fingerprint density at radius 3 is 2.72 bits per heavy atom. The quantitative estimate of drug-likeness (QED) is 0.524. The molecule has 1 fully saturated rings. The number of furan rings is 1. The standard InChI is InChI=1S/C19H18F2N4O3S/c20-18(21)28-14-7-5-13(6-8-14)22-16(26)11-29-19-24-23-17(12-3-4-12)25(19)10-15-2-1-9-27-15/h1-2,5-9,12,18H,3-4,10-11H2,(H,22,26). The van der Waals surface area contributed by atoms with E-state index in [0.717, 1.165) is 24.4 Å². The third kappa shape index (κ3) is 5.14. The lowest BCUT2D eigenvalue weighted by Gasteiger charge is -2.09. The van der Waals surface area contributed by atoms with Crippen molar-refractivity contribution in [3.8, 4) is 5.75 Å². The molecule has 0 unspecified atom stereocenters. The molecule has 1 aliphatic carbocycles. The minimum Gasteiger partial charge on any atom is -0.467 e. The highest BCUT2D eigenvalue weighted by atomic mass is 32.2. The van der Waals surface area contributed by atoms with Crippen LogP contribution in [0.4, 0.5) is 14.5 Å². The molecule has 3 aromatic rings. The fraction of sp³-hybridized carbons (Fsp3) is 0.316. The number of ether oxygens (including phenoxy) is 1. The molecule has 0 radical (unpaired) electrons. The maximum atomic E-state index is 12.3. The average Bonchev–Trinajstić information content (AvgIpc) is 3.25. The number of nitrogens with one attached hydrogen (secondary N) is 1. The van der Waals surface area contributed by atoms with Gasteiger partial charge in [0.05, 0.1) is 18.6 Å². The summed E-state index contributed by atoms with van der Waals surface area (Å²) in [6.45, 7) is -2.37. The van der Waals surface area contributed by atoms with Crippen LogP contribution in [0, 0.1) is 0 Å². The number of carbonyl (C=O) groups excluding carboxylic acids is 1. The zero-order chi connectivity index (χ0) is 20.2. The molecule has 29 heavy (non-hydrogen) atoms. The van der Waals surface area contributed by atoms with Crippen molar-refractivity contribution in [1.29, 1.82) is 0 Å². The Morgan fingerprint density at radius 1 is 1.28 bits per heavy atom. The average molecular weight is 420 g/mol. The Kier molecular flexibility index (Phi) is 5.79. The summed E-state index contributed by atoms with van der Waals surface area (Å²) in [6.07, 6.45) is 3.80. The van der Waals surface area contributed by atoms with Crippen molar-refractivity contribution in [2.45, 2.75) is 37.1 Å². The second kappa shape index (κ2) is 8.64. The monoisotopic (exact) mass is 420 g/mol. The third-order valence-corrected chi connectivity index (χ3v) is 5.24. The largest absolute Gasteiger partial charge is 0.467 e. The van der Waals surface area contributed by atoms with Crippen LogP contribution in [-0.4, -0.2) is 33.0 Å². The first-order chi connectivity index (χ1) is 14.1. The fourth-order valence-corrected chi connectivity index (χ4v) is 3.55. The molecule has 10 heteroatoms. The molecule has 0 bridgehead atoms. The molecular weight excluding hydrogens is 402 g/mol. The number of nitrogens with zero attached hydrogens (tertiary/aromatic N) is 3. The first kappa shape index (κ1) is 19.4. The molecule has 1 N–H and O–H groups in total. The fourth-order valence-electron chi connectivity index (χ4n) is 2.80. The Balaban J connectivity index is 1.36. The van der Waals surface area contributed by atoms with Gasteiger partial charge in [-0.2, -0.15) is 8.78 Å². The Hall–Kier alpha value is -2.88. The predicted octanol–water partition coefficient (Wildman–Crippen LogP) is 4.13. The van der Waals surface area contributed by atoms with E-state index in [1.54, 1.807) is 6.26 Å². The Morgan fingerprint density at radius 2 is 2.07 bits per heavy atom. The number of anilines is 1. The second-order valence-electron chi connectivity index (χ2n) is 6.52. The minimum atomic E-state index is -2.88. The van der Waals surface area contributed by atoms with Crippen molar-refractivity contribution >= 4 is 23.4 Å². The van der Waals surface area contributed by atoms with Gasteiger partial charge in [0.2, 0.25) is 5.91 Å². The number of halogens is 2. The summed E-state index contributed by atoms with van der Waals surface area (Å²) in [5, 5.41) is 11.9. The highest BCUT2D eigenvalue weighted by molar-refractivity contribution is 7.99. The zero-order valence-corrected chi connectivity index (χ0v) is 16.1. The maximum Gasteiger partial charge on any atom is 0.387 e. The van der Waals surface area contributed by atoms with Crippen molar-refractivity contribution in [2.24, 2.45) is 0 Å². The number of thioether (sulfide) groups is 1. The Labute approximate surface area is 169 Å². The first-order valence-corrected chi connectivity index (χ1v) is 10.00. The summed E-state index contributed by atoms with van der Waals surface area (Å²) < 4.78 is 36.1. The SMILES string of the molecule is O=C(CSc1nnc(C2CC2)n1Cc1ccco1)Nc1ccc(OC(F)F)cc1. The second-order valence-corrected chi connectivity index (χ2v) is 7.46. The van der Waals surface area contributed by atoms with Crippen LogP contribution in [0.2, 0.25) is 0 Å². The Bertz CT molecular complexity index is 957. The van der Waals surface area contributed by atoms with Crippen LogP contribution in [0.5, 0.6) is 5.75 Å². The van der Waals surface area contributed by atoms with Gasteiger partial charge in [-0.1, -0.05) is 11.8 Å². The van der Waals surface area contributed by atoms with Crippen molar-refractivity contribution in [2.75, 3.05) is 11.1 Å². The maximum absolute atomic E-state index is 12.3.